The monoisotopic (exact) mass is 630 g/mol. The van der Waals surface area contributed by atoms with E-state index in [-0.39, 0.29) is 21.6 Å². The number of amides is 2. The zero-order valence-corrected chi connectivity index (χ0v) is 24.8. The van der Waals surface area contributed by atoms with Crippen LogP contribution in [0, 0.1) is 0 Å². The molecular weight excluding hydrogens is 608 g/mol. The lowest BCUT2D eigenvalue weighted by molar-refractivity contribution is -0.115. The lowest BCUT2D eigenvalue weighted by atomic mass is 10.1. The molecule has 14 heteroatoms. The van der Waals surface area contributed by atoms with Gasteiger partial charge in [-0.15, -0.1) is 11.3 Å². The van der Waals surface area contributed by atoms with E-state index in [4.69, 9.17) is 10.7 Å². The minimum Gasteiger partial charge on any atom is -0.326 e. The summed E-state index contributed by atoms with van der Waals surface area (Å²) in [6, 6.07) is 19.8. The molecule has 5 rings (SSSR count). The number of thiazole rings is 1. The molecule has 0 fully saturated rings. The predicted octanol–water partition coefficient (Wildman–Crippen LogP) is 5.78. The Morgan fingerprint density at radius 3 is 1.61 bits per heavy atom. The van der Waals surface area contributed by atoms with Crippen LogP contribution in [-0.4, -0.2) is 33.6 Å². The first kappa shape index (κ1) is 29.9. The van der Waals surface area contributed by atoms with Crippen LogP contribution in [0.1, 0.15) is 13.8 Å². The molecule has 4 aromatic carbocycles. The number of fused-ring (bicyclic) bond motifs is 2. The van der Waals surface area contributed by atoms with Gasteiger partial charge in [0.2, 0.25) is 11.8 Å². The van der Waals surface area contributed by atoms with E-state index in [1.807, 2.05) is 0 Å². The summed E-state index contributed by atoms with van der Waals surface area (Å²) in [5.41, 5.74) is 1.13. The Morgan fingerprint density at radius 1 is 0.707 bits per heavy atom. The van der Waals surface area contributed by atoms with Gasteiger partial charge in [0.1, 0.15) is 0 Å². The number of nitrogens with zero attached hydrogens (tertiary/aromatic N) is 1. The minimum absolute atomic E-state index is 0.0360. The fourth-order valence-electron chi connectivity index (χ4n) is 4.03. The van der Waals surface area contributed by atoms with Gasteiger partial charge in [0.25, 0.3) is 19.1 Å². The highest BCUT2D eigenvalue weighted by atomic mass is 35.7. The molecular formula is C27H23ClN4O6S3. The van der Waals surface area contributed by atoms with Crippen molar-refractivity contribution in [1.82, 2.24) is 4.98 Å². The molecule has 41 heavy (non-hydrogen) atoms. The van der Waals surface area contributed by atoms with E-state index in [0.29, 0.717) is 38.1 Å². The van der Waals surface area contributed by atoms with Crippen LogP contribution in [0.4, 0.5) is 16.5 Å². The van der Waals surface area contributed by atoms with Crippen molar-refractivity contribution in [2.75, 3.05) is 15.4 Å². The predicted molar refractivity (Wildman–Crippen MR) is 162 cm³/mol. The van der Waals surface area contributed by atoms with Crippen LogP contribution in [-0.2, 0) is 28.7 Å². The molecule has 5 aromatic rings. The number of halogens is 1. The molecule has 0 aliphatic heterocycles. The van der Waals surface area contributed by atoms with Gasteiger partial charge < -0.3 is 10.6 Å². The van der Waals surface area contributed by atoms with Crippen molar-refractivity contribution in [1.29, 1.82) is 0 Å². The van der Waals surface area contributed by atoms with Gasteiger partial charge in [-0.3, -0.25) is 14.3 Å². The second-order valence-electron chi connectivity index (χ2n) is 8.56. The number of sulfonamides is 1. The summed E-state index contributed by atoms with van der Waals surface area (Å²) in [4.78, 5) is 26.5. The van der Waals surface area contributed by atoms with Crippen LogP contribution < -0.4 is 15.4 Å². The molecule has 0 radical (unpaired) electrons. The van der Waals surface area contributed by atoms with Gasteiger partial charge in [-0.1, -0.05) is 48.5 Å². The van der Waals surface area contributed by atoms with E-state index in [1.165, 1.54) is 49.6 Å². The average molecular weight is 631 g/mol. The van der Waals surface area contributed by atoms with E-state index in [0.717, 1.165) is 0 Å². The number of aromatic nitrogens is 1. The number of hydrogen-bond donors (Lipinski definition) is 3. The Morgan fingerprint density at radius 2 is 1.17 bits per heavy atom. The quantitative estimate of drug-likeness (QED) is 0.201. The van der Waals surface area contributed by atoms with Crippen molar-refractivity contribution in [2.45, 2.75) is 23.6 Å². The normalized spacial score (nSPS) is 11.4. The van der Waals surface area contributed by atoms with Crippen molar-refractivity contribution < 1.29 is 26.4 Å². The first-order valence-electron chi connectivity index (χ1n) is 11.8. The zero-order valence-electron chi connectivity index (χ0n) is 21.6. The van der Waals surface area contributed by atoms with Crippen LogP contribution in [0.5, 0.6) is 0 Å². The molecule has 1 aromatic heterocycles. The number of hydrogen-bond acceptors (Lipinski definition) is 8. The lowest BCUT2D eigenvalue weighted by Crippen LogP contribution is -2.14. The SMILES string of the molecule is CC(=O)Nc1ccc(S(=O)(=O)Cl)c2ccccc12.CC(=O)Nc1ccc(S(=O)(=O)Nc2nccs2)c2ccccc12. The largest absolute Gasteiger partial charge is 0.326 e. The fraction of sp³-hybridized carbons (Fsp3) is 0.0741. The maximum Gasteiger partial charge on any atom is 0.264 e. The molecule has 0 aliphatic carbocycles. The molecule has 0 saturated heterocycles. The maximum absolute atomic E-state index is 12.6. The average Bonchev–Trinajstić information content (AvgIpc) is 3.40. The third-order valence-electron chi connectivity index (χ3n) is 5.60. The molecule has 2 amide bonds. The topological polar surface area (TPSA) is 151 Å². The summed E-state index contributed by atoms with van der Waals surface area (Å²) in [5.74, 6) is -0.437. The number of rotatable bonds is 6. The Bertz CT molecular complexity index is 1980. The van der Waals surface area contributed by atoms with E-state index in [2.05, 4.69) is 20.3 Å². The number of carbonyl (C=O) groups is 2. The Kier molecular flexibility index (Phi) is 8.92. The van der Waals surface area contributed by atoms with Crippen LogP contribution in [0.3, 0.4) is 0 Å². The number of nitrogens with one attached hydrogen (secondary N) is 3. The molecule has 10 nitrogen and oxygen atoms in total. The smallest absolute Gasteiger partial charge is 0.264 e. The summed E-state index contributed by atoms with van der Waals surface area (Å²) in [5, 5.41) is 9.66. The zero-order chi connectivity index (χ0) is 29.8. The van der Waals surface area contributed by atoms with Crippen molar-refractivity contribution in [3.05, 3.63) is 84.4 Å². The number of anilines is 3. The van der Waals surface area contributed by atoms with Crippen LogP contribution in [0.15, 0.2) is 94.2 Å². The second-order valence-corrected chi connectivity index (χ2v) is 13.6. The summed E-state index contributed by atoms with van der Waals surface area (Å²) >= 11 is 1.20. The van der Waals surface area contributed by atoms with E-state index in [9.17, 15) is 26.4 Å². The van der Waals surface area contributed by atoms with Crippen molar-refractivity contribution in [2.24, 2.45) is 0 Å². The van der Waals surface area contributed by atoms with Gasteiger partial charge in [-0.05, 0) is 24.3 Å². The van der Waals surface area contributed by atoms with Gasteiger partial charge >= 0.3 is 0 Å². The first-order chi connectivity index (χ1) is 19.4. The van der Waals surface area contributed by atoms with Crippen molar-refractivity contribution in [3.63, 3.8) is 0 Å². The summed E-state index contributed by atoms with van der Waals surface area (Å²) < 4.78 is 50.6. The van der Waals surface area contributed by atoms with Crippen molar-refractivity contribution >= 4 is 91.0 Å². The van der Waals surface area contributed by atoms with Gasteiger partial charge in [0.05, 0.1) is 9.79 Å². The number of carbonyl (C=O) groups excluding carboxylic acids is 2. The van der Waals surface area contributed by atoms with Crippen LogP contribution >= 0.6 is 22.0 Å². The number of benzene rings is 4. The molecule has 1 heterocycles. The van der Waals surface area contributed by atoms with Crippen LogP contribution in [0.25, 0.3) is 21.5 Å². The first-order valence-corrected chi connectivity index (χ1v) is 16.5. The van der Waals surface area contributed by atoms with Gasteiger partial charge in [0.15, 0.2) is 5.13 Å². The van der Waals surface area contributed by atoms with E-state index in [1.54, 1.807) is 60.0 Å². The standard InChI is InChI=1S/C15H13N3O3S2.C12H10ClNO3S/c1-10(19)17-13-6-7-14(12-5-3-2-4-11(12)13)23(20,21)18-15-16-8-9-22-15;1-8(15)14-11-6-7-12(18(13,16)17)10-5-3-2-4-9(10)11/h2-9H,1H3,(H,16,18)(H,17,19);2-7H,1H3,(H,14,15). The van der Waals surface area contributed by atoms with E-state index >= 15 is 0 Å². The molecule has 0 saturated carbocycles. The molecule has 0 spiro atoms. The molecule has 212 valence electrons. The molecule has 0 bridgehead atoms. The second kappa shape index (κ2) is 12.2. The van der Waals surface area contributed by atoms with Gasteiger partial charge in [-0.2, -0.15) is 0 Å². The Balaban J connectivity index is 0.000000195. The molecule has 0 atom stereocenters. The molecule has 0 aliphatic rings. The third-order valence-corrected chi connectivity index (χ3v) is 9.19. The maximum atomic E-state index is 12.6. The lowest BCUT2D eigenvalue weighted by Gasteiger charge is -2.12. The minimum atomic E-state index is -3.82. The molecule has 0 unspecified atom stereocenters. The van der Waals surface area contributed by atoms with Gasteiger partial charge in [-0.25, -0.2) is 21.8 Å². The summed E-state index contributed by atoms with van der Waals surface area (Å²) in [6.07, 6.45) is 1.53. The Hall–Kier alpha value is -4.04. The van der Waals surface area contributed by atoms with E-state index < -0.39 is 19.1 Å². The molecule has 3 N–H and O–H groups in total. The fourth-order valence-corrected chi connectivity index (χ4v) is 7.11. The highest BCUT2D eigenvalue weighted by Crippen LogP contribution is 2.32. The summed E-state index contributed by atoms with van der Waals surface area (Å²) in [6.45, 7) is 2.80. The third kappa shape index (κ3) is 7.19. The Labute approximate surface area is 244 Å². The van der Waals surface area contributed by atoms with Crippen LogP contribution in [0.2, 0.25) is 0 Å². The van der Waals surface area contributed by atoms with Crippen molar-refractivity contribution in [3.8, 4) is 0 Å². The van der Waals surface area contributed by atoms with Gasteiger partial charge in [0, 0.05) is 69.0 Å². The highest BCUT2D eigenvalue weighted by Gasteiger charge is 2.20. The summed E-state index contributed by atoms with van der Waals surface area (Å²) in [7, 11) is -2.20. The highest BCUT2D eigenvalue weighted by molar-refractivity contribution is 8.14.